The second-order valence-corrected chi connectivity index (χ2v) is 10.7. The van der Waals surface area contributed by atoms with Crippen LogP contribution in [-0.2, 0) is 0 Å². The summed E-state index contributed by atoms with van der Waals surface area (Å²) in [6, 6.07) is 4.41. The Balaban J connectivity index is 0.00000121. The number of amides is 1. The molecule has 2 saturated heterocycles. The van der Waals surface area contributed by atoms with Gasteiger partial charge in [0.15, 0.2) is 5.65 Å². The van der Waals surface area contributed by atoms with E-state index in [9.17, 15) is 9.18 Å². The SMILES string of the molecule is CC.Cc1cn2nc([C@@H]3CCCCN3C(=O)c3cc(F)cc4nc(C)c(C)nc34)cc2nc1N1CC[C@H](C)C1.[HH]. The molecular weight excluding hydrogens is 493 g/mol. The first-order valence-electron chi connectivity index (χ1n) is 14.2. The highest BCUT2D eigenvalue weighted by molar-refractivity contribution is 6.05. The molecule has 3 aromatic heterocycles. The summed E-state index contributed by atoms with van der Waals surface area (Å²) in [6.45, 7) is 14.6. The molecule has 5 heterocycles. The van der Waals surface area contributed by atoms with Crippen LogP contribution in [0, 0.1) is 32.5 Å². The minimum absolute atomic E-state index is 0. The molecule has 0 saturated carbocycles. The van der Waals surface area contributed by atoms with Gasteiger partial charge in [-0.05, 0) is 58.4 Å². The summed E-state index contributed by atoms with van der Waals surface area (Å²) >= 11 is 0. The Hall–Kier alpha value is -3.62. The van der Waals surface area contributed by atoms with Crippen molar-refractivity contribution in [3.05, 3.63) is 58.4 Å². The molecule has 208 valence electrons. The van der Waals surface area contributed by atoms with Crippen molar-refractivity contribution in [2.75, 3.05) is 24.5 Å². The van der Waals surface area contributed by atoms with Crippen LogP contribution < -0.4 is 4.90 Å². The summed E-state index contributed by atoms with van der Waals surface area (Å²) in [5.74, 6) is 0.948. The van der Waals surface area contributed by atoms with Gasteiger partial charge in [0.2, 0.25) is 0 Å². The van der Waals surface area contributed by atoms with Gasteiger partial charge in [0.05, 0.1) is 34.2 Å². The molecule has 0 radical (unpaired) electrons. The normalized spacial score (nSPS) is 19.5. The van der Waals surface area contributed by atoms with E-state index in [1.807, 2.05) is 49.4 Å². The van der Waals surface area contributed by atoms with Gasteiger partial charge >= 0.3 is 0 Å². The number of carbonyl (C=O) groups is 1. The first kappa shape index (κ1) is 27.0. The van der Waals surface area contributed by atoms with Crippen molar-refractivity contribution in [2.24, 2.45) is 5.92 Å². The molecule has 2 aliphatic rings. The van der Waals surface area contributed by atoms with E-state index in [4.69, 9.17) is 10.1 Å². The van der Waals surface area contributed by atoms with E-state index in [0.717, 1.165) is 66.5 Å². The van der Waals surface area contributed by atoms with Crippen molar-refractivity contribution in [3.63, 3.8) is 0 Å². The average Bonchev–Trinajstić information content (AvgIpc) is 3.55. The first-order valence-corrected chi connectivity index (χ1v) is 14.2. The standard InChI is InChI=1S/C28H32FN7O.C2H6.H2/c1-16-8-10-34(14-16)27-17(2)15-36-25(32-27)13-22(33-36)24-7-5-6-9-35(24)28(37)21-11-20(29)12-23-26(21)31-19(4)18(3)30-23;1-2;/h11-13,15-16,24H,5-10,14H2,1-4H3;1-2H3;1H/t16-,24-;;/m0../s1. The number of nitrogens with zero attached hydrogens (tertiary/aromatic N) is 7. The summed E-state index contributed by atoms with van der Waals surface area (Å²) in [5.41, 5.74) is 5.22. The molecule has 6 rings (SSSR count). The molecule has 0 unspecified atom stereocenters. The van der Waals surface area contributed by atoms with Crippen LogP contribution in [0.2, 0.25) is 0 Å². The molecule has 1 aromatic carbocycles. The van der Waals surface area contributed by atoms with Crippen molar-refractivity contribution in [3.8, 4) is 0 Å². The predicted molar refractivity (Wildman–Crippen MR) is 154 cm³/mol. The minimum Gasteiger partial charge on any atom is -0.356 e. The van der Waals surface area contributed by atoms with Gasteiger partial charge in [-0.3, -0.25) is 4.79 Å². The second-order valence-electron chi connectivity index (χ2n) is 10.7. The number of aromatic nitrogens is 5. The maximum atomic E-state index is 14.6. The Labute approximate surface area is 230 Å². The Bertz CT molecular complexity index is 1540. The highest BCUT2D eigenvalue weighted by atomic mass is 19.1. The molecule has 2 fully saturated rings. The highest BCUT2D eigenvalue weighted by Crippen LogP contribution is 2.34. The zero-order valence-electron chi connectivity index (χ0n) is 23.8. The van der Waals surface area contributed by atoms with E-state index in [2.05, 4.69) is 28.7 Å². The Morgan fingerprint density at radius 1 is 1.00 bits per heavy atom. The van der Waals surface area contributed by atoms with Gasteiger partial charge in [-0.15, -0.1) is 0 Å². The van der Waals surface area contributed by atoms with Crippen LogP contribution in [-0.4, -0.2) is 55.0 Å². The first-order chi connectivity index (χ1) is 18.8. The number of carbonyl (C=O) groups excluding carboxylic acids is 1. The van der Waals surface area contributed by atoms with E-state index in [0.29, 0.717) is 23.5 Å². The Morgan fingerprint density at radius 2 is 1.77 bits per heavy atom. The third kappa shape index (κ3) is 5.06. The van der Waals surface area contributed by atoms with Gasteiger partial charge in [-0.25, -0.2) is 23.9 Å². The maximum Gasteiger partial charge on any atom is 0.256 e. The fraction of sp³-hybridized carbons (Fsp3) is 0.500. The number of rotatable bonds is 3. The summed E-state index contributed by atoms with van der Waals surface area (Å²) in [5, 5.41) is 4.85. The van der Waals surface area contributed by atoms with E-state index >= 15 is 0 Å². The van der Waals surface area contributed by atoms with Crippen LogP contribution in [0.25, 0.3) is 16.7 Å². The number of piperidine rings is 1. The van der Waals surface area contributed by atoms with Crippen molar-refractivity contribution in [1.29, 1.82) is 0 Å². The van der Waals surface area contributed by atoms with E-state index in [1.165, 1.54) is 18.6 Å². The van der Waals surface area contributed by atoms with Crippen molar-refractivity contribution >= 4 is 28.4 Å². The van der Waals surface area contributed by atoms with Crippen molar-refractivity contribution in [1.82, 2.24) is 29.5 Å². The van der Waals surface area contributed by atoms with Crippen LogP contribution >= 0.6 is 0 Å². The van der Waals surface area contributed by atoms with Crippen LogP contribution in [0.3, 0.4) is 0 Å². The van der Waals surface area contributed by atoms with Crippen molar-refractivity contribution in [2.45, 2.75) is 73.3 Å². The summed E-state index contributed by atoms with van der Waals surface area (Å²) in [7, 11) is 0. The fourth-order valence-electron chi connectivity index (χ4n) is 5.73. The maximum absolute atomic E-state index is 14.6. The number of hydrogen-bond donors (Lipinski definition) is 0. The van der Waals surface area contributed by atoms with E-state index < -0.39 is 5.82 Å². The third-order valence-electron chi connectivity index (χ3n) is 7.83. The summed E-state index contributed by atoms with van der Waals surface area (Å²) < 4.78 is 16.4. The highest BCUT2D eigenvalue weighted by Gasteiger charge is 2.32. The lowest BCUT2D eigenvalue weighted by Crippen LogP contribution is -2.39. The largest absolute Gasteiger partial charge is 0.356 e. The van der Waals surface area contributed by atoms with Crippen LogP contribution in [0.4, 0.5) is 10.2 Å². The molecule has 4 aromatic rings. The fourth-order valence-corrected chi connectivity index (χ4v) is 5.73. The van der Waals surface area contributed by atoms with Gasteiger partial charge in [-0.1, -0.05) is 20.8 Å². The van der Waals surface area contributed by atoms with Gasteiger partial charge in [0.25, 0.3) is 5.91 Å². The van der Waals surface area contributed by atoms with Gasteiger partial charge < -0.3 is 9.80 Å². The lowest BCUT2D eigenvalue weighted by molar-refractivity contribution is 0.0607. The number of aryl methyl sites for hydroxylation is 3. The zero-order chi connectivity index (χ0) is 27.8. The number of likely N-dealkylation sites (tertiary alicyclic amines) is 1. The molecule has 0 aliphatic carbocycles. The molecule has 39 heavy (non-hydrogen) atoms. The lowest BCUT2D eigenvalue weighted by atomic mass is 9.97. The van der Waals surface area contributed by atoms with Gasteiger partial charge in [0, 0.05) is 45.0 Å². The summed E-state index contributed by atoms with van der Waals surface area (Å²) in [4.78, 5) is 32.1. The summed E-state index contributed by atoms with van der Waals surface area (Å²) in [6.07, 6.45) is 5.88. The number of hydrogen-bond acceptors (Lipinski definition) is 6. The molecule has 1 amide bonds. The minimum atomic E-state index is -0.488. The number of halogens is 1. The molecule has 0 spiro atoms. The lowest BCUT2D eigenvalue weighted by Gasteiger charge is -2.35. The molecule has 2 atom stereocenters. The number of fused-ring (bicyclic) bond motifs is 2. The zero-order valence-corrected chi connectivity index (χ0v) is 23.8. The average molecular weight is 534 g/mol. The number of anilines is 1. The van der Waals surface area contributed by atoms with Gasteiger partial charge in [0.1, 0.15) is 17.2 Å². The Morgan fingerprint density at radius 3 is 2.51 bits per heavy atom. The molecule has 0 N–H and O–H groups in total. The Kier molecular flexibility index (Phi) is 7.51. The third-order valence-corrected chi connectivity index (χ3v) is 7.83. The molecule has 0 bridgehead atoms. The quantitative estimate of drug-likeness (QED) is 0.311. The topological polar surface area (TPSA) is 79.5 Å². The monoisotopic (exact) mass is 533 g/mol. The smallest absolute Gasteiger partial charge is 0.256 e. The molecule has 2 aliphatic heterocycles. The molecule has 8 nitrogen and oxygen atoms in total. The van der Waals surface area contributed by atoms with Crippen molar-refractivity contribution < 1.29 is 10.6 Å². The second kappa shape index (κ2) is 10.9. The van der Waals surface area contributed by atoms with Crippen LogP contribution in [0.1, 0.15) is 86.9 Å². The van der Waals surface area contributed by atoms with Crippen LogP contribution in [0.5, 0.6) is 0 Å². The predicted octanol–water partition coefficient (Wildman–Crippen LogP) is 6.22. The molecular formula is C30H40FN7O. The van der Waals surface area contributed by atoms with E-state index in [-0.39, 0.29) is 18.9 Å². The van der Waals surface area contributed by atoms with Gasteiger partial charge in [-0.2, -0.15) is 5.10 Å². The molecule has 9 heteroatoms. The number of benzene rings is 1. The van der Waals surface area contributed by atoms with Crippen LogP contribution in [0.15, 0.2) is 24.4 Å². The van der Waals surface area contributed by atoms with E-state index in [1.54, 1.807) is 0 Å².